The third-order valence-electron chi connectivity index (χ3n) is 4.40. The number of carbonyl (C=O) groups excluding carboxylic acids is 1. The molecule has 8 heteroatoms. The smallest absolute Gasteiger partial charge is 0.243 e. The predicted molar refractivity (Wildman–Crippen MR) is 111 cm³/mol. The highest BCUT2D eigenvalue weighted by molar-refractivity contribution is 7.89. The molecule has 0 spiro atoms. The van der Waals surface area contributed by atoms with Crippen molar-refractivity contribution in [3.63, 3.8) is 0 Å². The number of rotatable bonds is 11. The van der Waals surface area contributed by atoms with Crippen LogP contribution >= 0.6 is 0 Å². The second kappa shape index (κ2) is 10.8. The second-order valence-electron chi connectivity index (χ2n) is 6.89. The number of sulfonamides is 1. The van der Waals surface area contributed by atoms with Gasteiger partial charge in [-0.2, -0.15) is 4.31 Å². The van der Waals surface area contributed by atoms with Gasteiger partial charge in [0.1, 0.15) is 0 Å². The number of hydrogen-bond acceptors (Lipinski definition) is 5. The van der Waals surface area contributed by atoms with Crippen molar-refractivity contribution in [2.24, 2.45) is 0 Å². The maximum Gasteiger partial charge on any atom is 0.243 e. The van der Waals surface area contributed by atoms with Gasteiger partial charge in [-0.05, 0) is 65.1 Å². The van der Waals surface area contributed by atoms with Gasteiger partial charge in [-0.25, -0.2) is 8.42 Å². The maximum absolute atomic E-state index is 12.8. The summed E-state index contributed by atoms with van der Waals surface area (Å²) in [5, 5.41) is 6.00. The molecule has 0 aliphatic rings. The first-order valence-electron chi connectivity index (χ1n) is 9.43. The Morgan fingerprint density at radius 1 is 1.19 bits per heavy atom. The highest BCUT2D eigenvalue weighted by Gasteiger charge is 2.24. The summed E-state index contributed by atoms with van der Waals surface area (Å²) in [6, 6.07) is 4.63. The topological polar surface area (TPSA) is 81.8 Å². The number of carbonyl (C=O) groups is 1. The molecule has 0 fully saturated rings. The predicted octanol–water partition coefficient (Wildman–Crippen LogP) is 1.89. The Balaban J connectivity index is 2.83. The minimum atomic E-state index is -3.57. The van der Waals surface area contributed by atoms with Crippen LogP contribution in [0.4, 0.5) is 5.69 Å². The van der Waals surface area contributed by atoms with Gasteiger partial charge in [-0.3, -0.25) is 4.79 Å². The Morgan fingerprint density at radius 3 is 2.37 bits per heavy atom. The molecule has 0 heterocycles. The minimum absolute atomic E-state index is 0.185. The van der Waals surface area contributed by atoms with Gasteiger partial charge < -0.3 is 15.5 Å². The van der Waals surface area contributed by atoms with Crippen LogP contribution < -0.4 is 10.6 Å². The van der Waals surface area contributed by atoms with E-state index in [-0.39, 0.29) is 16.8 Å². The summed E-state index contributed by atoms with van der Waals surface area (Å²) in [4.78, 5) is 14.7. The van der Waals surface area contributed by atoms with Crippen molar-refractivity contribution < 1.29 is 13.2 Å². The summed E-state index contributed by atoms with van der Waals surface area (Å²) in [5.74, 6) is -0.185. The van der Waals surface area contributed by atoms with Crippen molar-refractivity contribution in [2.75, 3.05) is 45.6 Å². The Hall–Kier alpha value is -1.48. The average molecular weight is 399 g/mol. The minimum Gasteiger partial charge on any atom is -0.325 e. The van der Waals surface area contributed by atoms with Gasteiger partial charge in [-0.15, -0.1) is 0 Å². The standard InChI is InChI=1S/C19H34N4O3S/c1-7-23(8-2)27(25,26)18-14-17(11-10-15(18)3)21-19(24)16(4)20-12-9-13-22(5)6/h10-11,14,16,20H,7-9,12-13H2,1-6H3,(H,21,24). The fourth-order valence-electron chi connectivity index (χ4n) is 2.72. The van der Waals surface area contributed by atoms with Crippen molar-refractivity contribution in [2.45, 2.75) is 45.1 Å². The lowest BCUT2D eigenvalue weighted by Crippen LogP contribution is -2.39. The summed E-state index contributed by atoms with van der Waals surface area (Å²) in [6.07, 6.45) is 0.946. The molecule has 0 aliphatic carbocycles. The molecule has 1 atom stereocenters. The summed E-state index contributed by atoms with van der Waals surface area (Å²) in [6.45, 7) is 9.68. The number of benzene rings is 1. The van der Waals surface area contributed by atoms with Crippen molar-refractivity contribution in [3.05, 3.63) is 23.8 Å². The molecular weight excluding hydrogens is 364 g/mol. The maximum atomic E-state index is 12.8. The molecule has 1 aromatic carbocycles. The molecule has 7 nitrogen and oxygen atoms in total. The number of aryl methyl sites for hydroxylation is 1. The van der Waals surface area contributed by atoms with Gasteiger partial charge in [0.15, 0.2) is 0 Å². The molecule has 0 saturated carbocycles. The van der Waals surface area contributed by atoms with Crippen LogP contribution in [-0.4, -0.2) is 69.8 Å². The van der Waals surface area contributed by atoms with Gasteiger partial charge in [-0.1, -0.05) is 19.9 Å². The highest BCUT2D eigenvalue weighted by Crippen LogP contribution is 2.23. The number of anilines is 1. The summed E-state index contributed by atoms with van der Waals surface area (Å²) in [7, 11) is 0.448. The Labute approximate surface area is 164 Å². The first kappa shape index (κ1) is 23.6. The first-order chi connectivity index (χ1) is 12.6. The SMILES string of the molecule is CCN(CC)S(=O)(=O)c1cc(NC(=O)C(C)NCCCN(C)C)ccc1C. The van der Waals surface area contributed by atoms with Gasteiger partial charge >= 0.3 is 0 Å². The lowest BCUT2D eigenvalue weighted by Gasteiger charge is -2.21. The van der Waals surface area contributed by atoms with Crippen molar-refractivity contribution in [1.29, 1.82) is 0 Å². The van der Waals surface area contributed by atoms with Crippen LogP contribution in [0.3, 0.4) is 0 Å². The van der Waals surface area contributed by atoms with Gasteiger partial charge in [0.25, 0.3) is 0 Å². The fraction of sp³-hybridized carbons (Fsp3) is 0.632. The van der Waals surface area contributed by atoms with Crippen LogP contribution in [0.5, 0.6) is 0 Å². The Kier molecular flexibility index (Phi) is 9.38. The molecule has 1 amide bonds. The molecule has 0 radical (unpaired) electrons. The van der Waals surface area contributed by atoms with E-state index in [1.165, 1.54) is 4.31 Å². The van der Waals surface area contributed by atoms with Crippen LogP contribution in [0.1, 0.15) is 32.8 Å². The number of hydrogen-bond donors (Lipinski definition) is 2. The van der Waals surface area contributed by atoms with E-state index in [1.807, 2.05) is 27.9 Å². The second-order valence-corrected chi connectivity index (χ2v) is 8.80. The molecule has 154 valence electrons. The quantitative estimate of drug-likeness (QED) is 0.557. The van der Waals surface area contributed by atoms with E-state index in [1.54, 1.807) is 32.0 Å². The molecule has 1 aromatic rings. The molecule has 0 aliphatic heterocycles. The number of nitrogens with zero attached hydrogens (tertiary/aromatic N) is 2. The van der Waals surface area contributed by atoms with E-state index in [0.717, 1.165) is 19.5 Å². The molecule has 1 unspecified atom stereocenters. The Morgan fingerprint density at radius 2 is 1.81 bits per heavy atom. The van der Waals surface area contributed by atoms with Crippen LogP contribution in [0.2, 0.25) is 0 Å². The molecule has 0 aromatic heterocycles. The van der Waals surface area contributed by atoms with Crippen LogP contribution in [0, 0.1) is 6.92 Å². The van der Waals surface area contributed by atoms with E-state index >= 15 is 0 Å². The van der Waals surface area contributed by atoms with Gasteiger partial charge in [0, 0.05) is 18.8 Å². The Bertz CT molecular complexity index is 716. The van der Waals surface area contributed by atoms with E-state index in [2.05, 4.69) is 15.5 Å². The lowest BCUT2D eigenvalue weighted by atomic mass is 10.2. The van der Waals surface area contributed by atoms with E-state index < -0.39 is 10.0 Å². The van der Waals surface area contributed by atoms with Gasteiger partial charge in [0.05, 0.1) is 10.9 Å². The zero-order valence-corrected chi connectivity index (χ0v) is 18.2. The number of amides is 1. The van der Waals surface area contributed by atoms with E-state index in [0.29, 0.717) is 24.3 Å². The monoisotopic (exact) mass is 398 g/mol. The van der Waals surface area contributed by atoms with Crippen LogP contribution in [0.25, 0.3) is 0 Å². The summed E-state index contributed by atoms with van der Waals surface area (Å²) >= 11 is 0. The molecule has 1 rings (SSSR count). The molecule has 0 bridgehead atoms. The van der Waals surface area contributed by atoms with Crippen LogP contribution in [-0.2, 0) is 14.8 Å². The largest absolute Gasteiger partial charge is 0.325 e. The fourth-order valence-corrected chi connectivity index (χ4v) is 4.42. The van der Waals surface area contributed by atoms with Crippen molar-refractivity contribution in [1.82, 2.24) is 14.5 Å². The first-order valence-corrected chi connectivity index (χ1v) is 10.9. The average Bonchev–Trinajstić information content (AvgIpc) is 2.60. The normalized spacial score (nSPS) is 13.2. The summed E-state index contributed by atoms with van der Waals surface area (Å²) in [5.41, 5.74) is 1.15. The van der Waals surface area contributed by atoms with E-state index in [4.69, 9.17) is 0 Å². The third-order valence-corrected chi connectivity index (χ3v) is 6.60. The lowest BCUT2D eigenvalue weighted by molar-refractivity contribution is -0.117. The molecular formula is C19H34N4O3S. The van der Waals surface area contributed by atoms with Crippen LogP contribution in [0.15, 0.2) is 23.1 Å². The highest BCUT2D eigenvalue weighted by atomic mass is 32.2. The van der Waals surface area contributed by atoms with Crippen molar-refractivity contribution in [3.8, 4) is 0 Å². The molecule has 27 heavy (non-hydrogen) atoms. The van der Waals surface area contributed by atoms with Crippen molar-refractivity contribution >= 4 is 21.6 Å². The zero-order valence-electron chi connectivity index (χ0n) is 17.4. The van der Waals surface area contributed by atoms with E-state index in [9.17, 15) is 13.2 Å². The van der Waals surface area contributed by atoms with Gasteiger partial charge in [0.2, 0.25) is 15.9 Å². The number of nitrogens with one attached hydrogen (secondary N) is 2. The molecule has 0 saturated heterocycles. The zero-order chi connectivity index (χ0) is 20.6. The molecule has 2 N–H and O–H groups in total. The third kappa shape index (κ3) is 6.88. The summed E-state index contributed by atoms with van der Waals surface area (Å²) < 4.78 is 27.0.